The van der Waals surface area contributed by atoms with Crippen LogP contribution in [0.3, 0.4) is 0 Å². The molecule has 1 amide bonds. The Morgan fingerprint density at radius 3 is 2.65 bits per heavy atom. The fourth-order valence-corrected chi connectivity index (χ4v) is 3.46. The lowest BCUT2D eigenvalue weighted by Crippen LogP contribution is -2.43. The van der Waals surface area contributed by atoms with Gasteiger partial charge in [-0.3, -0.25) is 4.79 Å². The van der Waals surface area contributed by atoms with Crippen molar-refractivity contribution in [1.29, 1.82) is 0 Å². The van der Waals surface area contributed by atoms with E-state index >= 15 is 0 Å². The predicted octanol–water partition coefficient (Wildman–Crippen LogP) is 3.77. The highest BCUT2D eigenvalue weighted by atomic mass is 79.9. The molecule has 20 heavy (non-hydrogen) atoms. The van der Waals surface area contributed by atoms with Crippen molar-refractivity contribution in [2.45, 2.75) is 31.7 Å². The van der Waals surface area contributed by atoms with Crippen LogP contribution in [0.2, 0.25) is 5.02 Å². The zero-order chi connectivity index (χ0) is 14.7. The van der Waals surface area contributed by atoms with Gasteiger partial charge in [-0.15, -0.1) is 0 Å². The number of hydrogen-bond donors (Lipinski definition) is 1. The van der Waals surface area contributed by atoms with Gasteiger partial charge >= 0.3 is 0 Å². The van der Waals surface area contributed by atoms with Crippen molar-refractivity contribution in [3.63, 3.8) is 0 Å². The second-order valence-electron chi connectivity index (χ2n) is 4.96. The minimum Gasteiger partial charge on any atom is -0.392 e. The Hall–Kier alpha value is -0.650. The summed E-state index contributed by atoms with van der Waals surface area (Å²) in [6, 6.07) is 5.48. The Morgan fingerprint density at radius 2 is 2.10 bits per heavy atom. The second-order valence-corrected chi connectivity index (χ2v) is 6.81. The Kier molecular flexibility index (Phi) is 5.41. The van der Waals surface area contributed by atoms with Gasteiger partial charge in [0.1, 0.15) is 0 Å². The first-order valence-electron chi connectivity index (χ1n) is 6.53. The number of amides is 1. The normalized spacial score (nSPS) is 15.3. The summed E-state index contributed by atoms with van der Waals surface area (Å²) in [7, 11) is 0. The van der Waals surface area contributed by atoms with Crippen LogP contribution in [0.5, 0.6) is 0 Å². The molecule has 1 aliphatic rings. The predicted molar refractivity (Wildman–Crippen MR) is 89.2 cm³/mol. The van der Waals surface area contributed by atoms with E-state index in [0.29, 0.717) is 22.1 Å². The van der Waals surface area contributed by atoms with E-state index in [4.69, 9.17) is 29.6 Å². The van der Waals surface area contributed by atoms with Crippen LogP contribution in [-0.4, -0.2) is 28.4 Å². The van der Waals surface area contributed by atoms with Gasteiger partial charge in [-0.05, 0) is 31.0 Å². The Bertz CT molecular complexity index is 532. The highest BCUT2D eigenvalue weighted by molar-refractivity contribution is 9.10. The highest BCUT2D eigenvalue weighted by Crippen LogP contribution is 2.28. The maximum atomic E-state index is 12.7. The van der Waals surface area contributed by atoms with Gasteiger partial charge in [0.15, 0.2) is 0 Å². The summed E-state index contributed by atoms with van der Waals surface area (Å²) in [6.07, 6.45) is 4.28. The molecule has 0 radical (unpaired) electrons. The van der Waals surface area contributed by atoms with Gasteiger partial charge < -0.3 is 10.6 Å². The fraction of sp³-hybridized carbons (Fsp3) is 0.429. The van der Waals surface area contributed by atoms with Crippen molar-refractivity contribution >= 4 is 50.6 Å². The van der Waals surface area contributed by atoms with Gasteiger partial charge in [-0.25, -0.2) is 0 Å². The fourth-order valence-electron chi connectivity index (χ4n) is 2.57. The zero-order valence-electron chi connectivity index (χ0n) is 10.9. The van der Waals surface area contributed by atoms with Gasteiger partial charge in [0, 0.05) is 10.5 Å². The summed E-state index contributed by atoms with van der Waals surface area (Å²) >= 11 is 14.5. The van der Waals surface area contributed by atoms with Gasteiger partial charge in [0.25, 0.3) is 5.91 Å². The van der Waals surface area contributed by atoms with Crippen LogP contribution in [0.1, 0.15) is 36.0 Å². The minimum absolute atomic E-state index is 0.0952. The molecule has 2 N–H and O–H groups in total. The molecule has 0 heterocycles. The minimum atomic E-state index is -0.0952. The summed E-state index contributed by atoms with van der Waals surface area (Å²) < 4.78 is 0.848. The molecule has 0 unspecified atom stereocenters. The summed E-state index contributed by atoms with van der Waals surface area (Å²) in [5.74, 6) is -0.0952. The summed E-state index contributed by atoms with van der Waals surface area (Å²) in [5, 5.41) is 0.440. The lowest BCUT2D eigenvalue weighted by atomic mass is 10.1. The monoisotopic (exact) mass is 374 g/mol. The van der Waals surface area contributed by atoms with E-state index in [9.17, 15) is 4.79 Å². The molecule has 2 rings (SSSR count). The SMILES string of the molecule is NC(=S)CN(C(=O)c1ccc(Br)cc1Cl)C1CCCC1. The number of nitrogens with zero attached hydrogens (tertiary/aromatic N) is 1. The lowest BCUT2D eigenvalue weighted by molar-refractivity contribution is 0.0715. The van der Waals surface area contributed by atoms with Crippen LogP contribution < -0.4 is 5.73 Å². The third-order valence-corrected chi connectivity index (χ3v) is 4.45. The molecule has 3 nitrogen and oxygen atoms in total. The van der Waals surface area contributed by atoms with E-state index in [1.165, 1.54) is 0 Å². The quantitative estimate of drug-likeness (QED) is 0.815. The molecule has 0 saturated heterocycles. The number of benzene rings is 1. The molecule has 1 fully saturated rings. The number of rotatable bonds is 4. The van der Waals surface area contributed by atoms with E-state index in [-0.39, 0.29) is 11.9 Å². The number of hydrogen-bond acceptors (Lipinski definition) is 2. The molecule has 1 saturated carbocycles. The van der Waals surface area contributed by atoms with E-state index in [0.717, 1.165) is 30.2 Å². The van der Waals surface area contributed by atoms with Crippen LogP contribution in [0.25, 0.3) is 0 Å². The van der Waals surface area contributed by atoms with E-state index in [1.54, 1.807) is 17.0 Å². The van der Waals surface area contributed by atoms with Crippen molar-refractivity contribution in [3.8, 4) is 0 Å². The molecule has 0 aromatic heterocycles. The van der Waals surface area contributed by atoms with Crippen molar-refractivity contribution in [2.75, 3.05) is 6.54 Å². The highest BCUT2D eigenvalue weighted by Gasteiger charge is 2.28. The summed E-state index contributed by atoms with van der Waals surface area (Å²) in [4.78, 5) is 14.8. The molecule has 108 valence electrons. The van der Waals surface area contributed by atoms with E-state index in [1.807, 2.05) is 6.07 Å². The molecule has 1 aliphatic carbocycles. The lowest BCUT2D eigenvalue weighted by Gasteiger charge is -2.29. The molecule has 0 atom stereocenters. The first-order chi connectivity index (χ1) is 9.49. The molecule has 6 heteroatoms. The van der Waals surface area contributed by atoms with Crippen molar-refractivity contribution in [3.05, 3.63) is 33.3 Å². The molecule has 0 bridgehead atoms. The molecular formula is C14H16BrClN2OS. The molecule has 0 spiro atoms. The van der Waals surface area contributed by atoms with Crippen LogP contribution >= 0.6 is 39.7 Å². The number of halogens is 2. The Balaban J connectivity index is 2.27. The standard InChI is InChI=1S/C14H16BrClN2OS/c15-9-5-6-11(12(16)7-9)14(19)18(8-13(17)20)10-3-1-2-4-10/h5-7,10H,1-4,8H2,(H2,17,20). The van der Waals surface area contributed by atoms with Gasteiger partial charge in [0.2, 0.25) is 0 Å². The van der Waals surface area contributed by atoms with Crippen molar-refractivity contribution in [2.24, 2.45) is 5.73 Å². The summed E-state index contributed by atoms with van der Waals surface area (Å²) in [6.45, 7) is 0.311. The van der Waals surface area contributed by atoms with Crippen molar-refractivity contribution < 1.29 is 4.79 Å². The molecule has 1 aromatic carbocycles. The van der Waals surface area contributed by atoms with Gasteiger partial charge in [-0.2, -0.15) is 0 Å². The van der Waals surface area contributed by atoms with Crippen LogP contribution in [0.15, 0.2) is 22.7 Å². The number of carbonyl (C=O) groups excluding carboxylic acids is 1. The van der Waals surface area contributed by atoms with Crippen LogP contribution in [0.4, 0.5) is 0 Å². The molecular weight excluding hydrogens is 360 g/mol. The average Bonchev–Trinajstić information content (AvgIpc) is 2.88. The van der Waals surface area contributed by atoms with Gasteiger partial charge in [0.05, 0.1) is 22.1 Å². The first kappa shape index (κ1) is 15.7. The zero-order valence-corrected chi connectivity index (χ0v) is 14.1. The molecule has 1 aromatic rings. The van der Waals surface area contributed by atoms with Crippen LogP contribution in [-0.2, 0) is 0 Å². The van der Waals surface area contributed by atoms with E-state index in [2.05, 4.69) is 15.9 Å². The van der Waals surface area contributed by atoms with Crippen LogP contribution in [0, 0.1) is 0 Å². The first-order valence-corrected chi connectivity index (χ1v) is 8.11. The maximum absolute atomic E-state index is 12.7. The third-order valence-electron chi connectivity index (χ3n) is 3.51. The van der Waals surface area contributed by atoms with Gasteiger partial charge in [-0.1, -0.05) is 52.6 Å². The number of nitrogens with two attached hydrogens (primary N) is 1. The van der Waals surface area contributed by atoms with Crippen molar-refractivity contribution in [1.82, 2.24) is 4.90 Å². The number of carbonyl (C=O) groups is 1. The third kappa shape index (κ3) is 3.71. The Morgan fingerprint density at radius 1 is 1.45 bits per heavy atom. The van der Waals surface area contributed by atoms with E-state index < -0.39 is 0 Å². The number of thiocarbonyl (C=S) groups is 1. The summed E-state index contributed by atoms with van der Waals surface area (Å²) in [5.41, 5.74) is 6.13. The Labute approximate surface area is 137 Å². The topological polar surface area (TPSA) is 46.3 Å². The smallest absolute Gasteiger partial charge is 0.255 e. The molecule has 0 aliphatic heterocycles. The average molecular weight is 376 g/mol. The largest absolute Gasteiger partial charge is 0.392 e. The maximum Gasteiger partial charge on any atom is 0.255 e. The second kappa shape index (κ2) is 6.87.